The highest BCUT2D eigenvalue weighted by atomic mass is 31.2. The molecular formula is C43H78NO10P. The second-order valence-corrected chi connectivity index (χ2v) is 16.0. The predicted molar refractivity (Wildman–Crippen MR) is 222 cm³/mol. The van der Waals surface area contributed by atoms with Crippen molar-refractivity contribution in [3.8, 4) is 0 Å². The fraction of sp³-hybridized carbons (Fsp3) is 0.791. The topological polar surface area (TPSA) is 169 Å². The number of phosphoric acid groups is 1. The van der Waals surface area contributed by atoms with Gasteiger partial charge < -0.3 is 25.2 Å². The van der Waals surface area contributed by atoms with Crippen molar-refractivity contribution in [3.63, 3.8) is 0 Å². The summed E-state index contributed by atoms with van der Waals surface area (Å²) in [6, 6.07) is -1.56. The number of hydrogen-bond acceptors (Lipinski definition) is 8. The van der Waals surface area contributed by atoms with Gasteiger partial charge in [-0.3, -0.25) is 18.6 Å². The zero-order valence-corrected chi connectivity index (χ0v) is 35.4. The van der Waals surface area contributed by atoms with Crippen LogP contribution in [0.4, 0.5) is 0 Å². The molecule has 0 aliphatic heterocycles. The van der Waals surface area contributed by atoms with Gasteiger partial charge >= 0.3 is 19.8 Å². The minimum Gasteiger partial charge on any atom is -0.480 e. The van der Waals surface area contributed by atoms with E-state index < -0.39 is 57.6 Å². The van der Waals surface area contributed by atoms with Gasteiger partial charge in [-0.15, -0.1) is 0 Å². The summed E-state index contributed by atoms with van der Waals surface area (Å²) in [7, 11) is -4.76. The average molecular weight is 800 g/mol. The normalized spacial score (nSPS) is 14.1. The van der Waals surface area contributed by atoms with Crippen molar-refractivity contribution in [3.05, 3.63) is 36.5 Å². The largest absolute Gasteiger partial charge is 0.480 e. The molecule has 0 aromatic heterocycles. The highest BCUT2D eigenvalue weighted by Crippen LogP contribution is 2.43. The molecule has 0 heterocycles. The van der Waals surface area contributed by atoms with Crippen LogP contribution in [0.5, 0.6) is 0 Å². The van der Waals surface area contributed by atoms with Crippen molar-refractivity contribution in [1.29, 1.82) is 0 Å². The molecule has 0 saturated heterocycles. The minimum absolute atomic E-state index is 0.110. The maximum absolute atomic E-state index is 12.2. The summed E-state index contributed by atoms with van der Waals surface area (Å²) in [6.45, 7) is 2.46. The van der Waals surface area contributed by atoms with Crippen LogP contribution in [0, 0.1) is 0 Å². The Bertz CT molecular complexity index is 1080. The van der Waals surface area contributed by atoms with E-state index in [-0.39, 0.29) is 12.8 Å². The summed E-state index contributed by atoms with van der Waals surface area (Å²) in [5.41, 5.74) is 0. The van der Waals surface area contributed by atoms with E-state index in [2.05, 4.69) is 55.6 Å². The number of aliphatic hydroxyl groups is 1. The highest BCUT2D eigenvalue weighted by molar-refractivity contribution is 7.47. The Kier molecular flexibility index (Phi) is 37.0. The number of carbonyl (C=O) groups is 3. The Morgan fingerprint density at radius 1 is 0.600 bits per heavy atom. The lowest BCUT2D eigenvalue weighted by molar-refractivity contribution is -0.147. The minimum atomic E-state index is -4.76. The van der Waals surface area contributed by atoms with Gasteiger partial charge in [0.1, 0.15) is 12.7 Å². The second kappa shape index (κ2) is 38.6. The summed E-state index contributed by atoms with van der Waals surface area (Å²) >= 11 is 0. The Hall–Kier alpha value is -2.30. The van der Waals surface area contributed by atoms with E-state index in [1.807, 2.05) is 0 Å². The number of unbranched alkanes of at least 4 members (excludes halogenated alkanes) is 20. The molecule has 0 bridgehead atoms. The number of rotatable bonds is 40. The number of aliphatic carboxylic acids is 1. The van der Waals surface area contributed by atoms with Crippen molar-refractivity contribution < 1.29 is 47.8 Å². The molecule has 0 aliphatic carbocycles. The Morgan fingerprint density at radius 3 is 1.58 bits per heavy atom. The van der Waals surface area contributed by atoms with Crippen LogP contribution in [0.15, 0.2) is 36.5 Å². The predicted octanol–water partition coefficient (Wildman–Crippen LogP) is 10.8. The van der Waals surface area contributed by atoms with Crippen LogP contribution < -0.4 is 5.32 Å². The summed E-state index contributed by atoms with van der Waals surface area (Å²) in [4.78, 5) is 45.8. The molecule has 0 aliphatic rings. The van der Waals surface area contributed by atoms with Gasteiger partial charge in [0.15, 0.2) is 6.04 Å². The van der Waals surface area contributed by atoms with Crippen LogP contribution in [0.2, 0.25) is 0 Å². The number of phosphoric ester groups is 1. The lowest BCUT2D eigenvalue weighted by Crippen LogP contribution is -2.43. The lowest BCUT2D eigenvalue weighted by Gasteiger charge is -2.18. The Morgan fingerprint density at radius 2 is 1.05 bits per heavy atom. The number of amides is 1. The standard InChI is InChI=1S/C43H78NO10P/c1-3-5-7-9-11-13-15-17-18-19-20-21-23-25-27-29-31-33-35-42(47)52-36-39(45)37-53-55(50,51)54-38-40(43(48)49)44-41(46)34-32-30-28-26-24-22-16-14-12-10-8-6-4-2/h6,8,12,14,22,24,39-40,45H,3-5,7,9-11,13,15-21,23,25-38H2,1-2H3,(H,44,46)(H,48,49)(H,50,51)/b8-6-,14-12-,24-22-. The molecule has 11 nitrogen and oxygen atoms in total. The van der Waals surface area contributed by atoms with Crippen LogP contribution in [0.1, 0.15) is 187 Å². The fourth-order valence-electron chi connectivity index (χ4n) is 5.86. The van der Waals surface area contributed by atoms with Crippen LogP contribution in [-0.4, -0.2) is 64.9 Å². The number of esters is 1. The number of nitrogens with one attached hydrogen (secondary N) is 1. The van der Waals surface area contributed by atoms with E-state index in [1.165, 1.54) is 89.9 Å². The molecule has 0 saturated carbocycles. The Balaban J connectivity index is 3.90. The molecule has 0 aromatic carbocycles. The average Bonchev–Trinajstić information content (AvgIpc) is 3.16. The molecule has 0 spiro atoms. The quantitative estimate of drug-likeness (QED) is 0.0202. The maximum Gasteiger partial charge on any atom is 0.472 e. The molecule has 12 heteroatoms. The van der Waals surface area contributed by atoms with Gasteiger partial charge in [0.25, 0.3) is 0 Å². The van der Waals surface area contributed by atoms with Crippen molar-refractivity contribution in [1.82, 2.24) is 5.32 Å². The van der Waals surface area contributed by atoms with E-state index in [0.717, 1.165) is 57.8 Å². The summed E-state index contributed by atoms with van der Waals surface area (Å²) in [5.74, 6) is -2.41. The van der Waals surface area contributed by atoms with Gasteiger partial charge in [-0.1, -0.05) is 166 Å². The van der Waals surface area contributed by atoms with Gasteiger partial charge in [-0.25, -0.2) is 9.36 Å². The van der Waals surface area contributed by atoms with Gasteiger partial charge in [0.2, 0.25) is 5.91 Å². The summed E-state index contributed by atoms with van der Waals surface area (Å²) in [5, 5.41) is 21.8. The van der Waals surface area contributed by atoms with Gasteiger partial charge in [0, 0.05) is 12.8 Å². The zero-order chi connectivity index (χ0) is 40.7. The van der Waals surface area contributed by atoms with Crippen LogP contribution in [-0.2, 0) is 32.7 Å². The smallest absolute Gasteiger partial charge is 0.472 e. The van der Waals surface area contributed by atoms with Crippen LogP contribution in [0.25, 0.3) is 0 Å². The Labute approximate surface area is 333 Å². The molecule has 4 N–H and O–H groups in total. The van der Waals surface area contributed by atoms with E-state index in [1.54, 1.807) is 0 Å². The third-order valence-corrected chi connectivity index (χ3v) is 10.1. The molecule has 320 valence electrons. The molecular weight excluding hydrogens is 721 g/mol. The van der Waals surface area contributed by atoms with E-state index in [4.69, 9.17) is 13.8 Å². The number of carboxylic acids is 1. The van der Waals surface area contributed by atoms with E-state index >= 15 is 0 Å². The van der Waals surface area contributed by atoms with Crippen molar-refractivity contribution in [2.75, 3.05) is 19.8 Å². The molecule has 0 rings (SSSR count). The van der Waals surface area contributed by atoms with Gasteiger partial charge in [-0.2, -0.15) is 0 Å². The molecule has 3 atom stereocenters. The van der Waals surface area contributed by atoms with Crippen molar-refractivity contribution >= 4 is 25.7 Å². The third kappa shape index (κ3) is 38.4. The second-order valence-electron chi connectivity index (χ2n) is 14.5. The van der Waals surface area contributed by atoms with Gasteiger partial charge in [-0.05, 0) is 44.9 Å². The molecule has 3 unspecified atom stereocenters. The molecule has 0 fully saturated rings. The summed E-state index contributed by atoms with van der Waals surface area (Å²) in [6.07, 6.45) is 40.4. The fourth-order valence-corrected chi connectivity index (χ4v) is 6.63. The SMILES string of the molecule is CC/C=C\C/C=C\C/C=C\CCCCCC(=O)NC(COP(=O)(O)OCC(O)COC(=O)CCCCCCCCCCCCCCCCCCCC)C(=O)O. The molecule has 0 aromatic rings. The van der Waals surface area contributed by atoms with Gasteiger partial charge in [0.05, 0.1) is 13.2 Å². The van der Waals surface area contributed by atoms with Crippen LogP contribution >= 0.6 is 7.82 Å². The lowest BCUT2D eigenvalue weighted by atomic mass is 10.0. The first-order valence-electron chi connectivity index (χ1n) is 21.5. The number of ether oxygens (including phenoxy) is 1. The summed E-state index contributed by atoms with van der Waals surface area (Å²) < 4.78 is 26.8. The van der Waals surface area contributed by atoms with E-state index in [0.29, 0.717) is 12.8 Å². The molecule has 0 radical (unpaired) electrons. The highest BCUT2D eigenvalue weighted by Gasteiger charge is 2.28. The first-order valence-corrected chi connectivity index (χ1v) is 23.0. The molecule has 1 amide bonds. The monoisotopic (exact) mass is 800 g/mol. The first kappa shape index (κ1) is 52.7. The number of allylic oxidation sites excluding steroid dienone is 6. The number of hydrogen-bond donors (Lipinski definition) is 4. The van der Waals surface area contributed by atoms with Crippen molar-refractivity contribution in [2.24, 2.45) is 0 Å². The first-order chi connectivity index (χ1) is 26.6. The molecule has 55 heavy (non-hydrogen) atoms. The number of aliphatic hydroxyl groups excluding tert-OH is 1. The third-order valence-electron chi connectivity index (χ3n) is 9.19. The van der Waals surface area contributed by atoms with Crippen LogP contribution in [0.3, 0.4) is 0 Å². The number of carbonyl (C=O) groups excluding carboxylic acids is 2. The maximum atomic E-state index is 12.2. The van der Waals surface area contributed by atoms with Crippen molar-refractivity contribution in [2.45, 2.75) is 199 Å². The number of carboxylic acid groups (broad SMARTS) is 1. The van der Waals surface area contributed by atoms with E-state index in [9.17, 15) is 34.1 Å². The zero-order valence-electron chi connectivity index (χ0n) is 34.5.